The molecule has 0 saturated carbocycles. The van der Waals surface area contributed by atoms with Crippen molar-refractivity contribution < 1.29 is 0 Å². The number of nitrogens with zero attached hydrogens (tertiary/aromatic N) is 3. The van der Waals surface area contributed by atoms with E-state index in [2.05, 4.69) is 187 Å². The van der Waals surface area contributed by atoms with Crippen LogP contribution in [-0.4, -0.2) is 4.57 Å². The fraction of sp³-hybridized carbons (Fsp3) is 0.127. The van der Waals surface area contributed by atoms with Gasteiger partial charge in [0.2, 0.25) is 0 Å². The van der Waals surface area contributed by atoms with E-state index in [9.17, 15) is 0 Å². The molecule has 0 N–H and O–H groups in total. The van der Waals surface area contributed by atoms with Gasteiger partial charge in [0, 0.05) is 82.2 Å². The smallest absolute Gasteiger partial charge is 0.0721 e. The predicted octanol–water partition coefficient (Wildman–Crippen LogP) is 16.9. The third kappa shape index (κ3) is 7.49. The van der Waals surface area contributed by atoms with Crippen LogP contribution in [0.1, 0.15) is 45.6 Å². The summed E-state index contributed by atoms with van der Waals surface area (Å²) in [6.45, 7) is 6.89. The highest BCUT2D eigenvalue weighted by Gasteiger charge is 2.26. The molecule has 10 rings (SSSR count). The average molecular weight is 849 g/mol. The van der Waals surface area contributed by atoms with Crippen molar-refractivity contribution in [1.82, 2.24) is 4.57 Å². The van der Waals surface area contributed by atoms with Crippen molar-refractivity contribution in [1.29, 1.82) is 0 Å². The number of allylic oxidation sites excluding steroid dienone is 8. The number of para-hydroxylation sites is 2. The monoisotopic (exact) mass is 847 g/mol. The molecule has 0 aliphatic heterocycles. The predicted molar refractivity (Wildman–Crippen MR) is 264 cm³/mol. The van der Waals surface area contributed by atoms with E-state index in [4.69, 9.17) is 23.2 Å². The molecule has 0 radical (unpaired) electrons. The Hall–Kier alpha value is -6.22. The van der Waals surface area contributed by atoms with Crippen LogP contribution in [0.4, 0.5) is 28.4 Å². The van der Waals surface area contributed by atoms with Crippen molar-refractivity contribution in [2.24, 2.45) is 5.41 Å². The van der Waals surface area contributed by atoms with Crippen LogP contribution in [-0.2, 0) is 0 Å². The molecule has 0 bridgehead atoms. The second-order valence-corrected chi connectivity index (χ2v) is 18.6. The van der Waals surface area contributed by atoms with E-state index >= 15 is 0 Å². The zero-order valence-electron chi connectivity index (χ0n) is 34.3. The van der Waals surface area contributed by atoms with Gasteiger partial charge in [0.15, 0.2) is 0 Å². The number of rotatable bonds is 8. The van der Waals surface area contributed by atoms with Gasteiger partial charge in [0.1, 0.15) is 0 Å². The lowest BCUT2D eigenvalue weighted by molar-refractivity contribution is 0.479. The maximum absolute atomic E-state index is 7.25. The summed E-state index contributed by atoms with van der Waals surface area (Å²) in [4.78, 5) is 4.74. The number of anilines is 5. The van der Waals surface area contributed by atoms with Crippen molar-refractivity contribution in [2.45, 2.75) is 40.0 Å². The van der Waals surface area contributed by atoms with Gasteiger partial charge < -0.3 is 14.4 Å². The molecular formula is C55H43Cl2N3S. The summed E-state index contributed by atoms with van der Waals surface area (Å²) in [6.07, 6.45) is 15.6. The summed E-state index contributed by atoms with van der Waals surface area (Å²) in [6, 6.07) is 47.3. The third-order valence-corrected chi connectivity index (χ3v) is 13.4. The van der Waals surface area contributed by atoms with Gasteiger partial charge in [-0.3, -0.25) is 0 Å². The van der Waals surface area contributed by atoms with E-state index in [0.717, 1.165) is 63.4 Å². The second kappa shape index (κ2) is 16.0. The number of hydrogen-bond acceptors (Lipinski definition) is 3. The highest BCUT2D eigenvalue weighted by Crippen LogP contribution is 2.46. The molecule has 2 aliphatic carbocycles. The van der Waals surface area contributed by atoms with Crippen molar-refractivity contribution in [3.8, 4) is 17.5 Å². The molecule has 3 nitrogen and oxygen atoms in total. The minimum absolute atomic E-state index is 0.0968. The van der Waals surface area contributed by atoms with E-state index in [1.54, 1.807) is 0 Å². The molecule has 61 heavy (non-hydrogen) atoms. The Bertz CT molecular complexity index is 3210. The Labute approximate surface area is 371 Å². The number of fused-ring (bicyclic) bond motifs is 4. The average Bonchev–Trinajstić information content (AvgIpc) is 3.70. The van der Waals surface area contributed by atoms with Crippen LogP contribution in [0.15, 0.2) is 181 Å². The topological polar surface area (TPSA) is 11.4 Å². The van der Waals surface area contributed by atoms with Crippen molar-refractivity contribution in [3.05, 3.63) is 197 Å². The Morgan fingerprint density at radius 3 is 2.23 bits per heavy atom. The molecule has 6 aromatic carbocycles. The van der Waals surface area contributed by atoms with Gasteiger partial charge in [-0.2, -0.15) is 0 Å². The summed E-state index contributed by atoms with van der Waals surface area (Å²) >= 11 is 15.8. The Morgan fingerprint density at radius 2 is 1.39 bits per heavy atom. The van der Waals surface area contributed by atoms with Crippen LogP contribution in [0.25, 0.3) is 42.3 Å². The fourth-order valence-corrected chi connectivity index (χ4v) is 10.3. The van der Waals surface area contributed by atoms with Crippen LogP contribution < -0.4 is 9.80 Å². The molecule has 2 heterocycles. The fourth-order valence-electron chi connectivity index (χ4n) is 8.78. The quantitative estimate of drug-likeness (QED) is 0.141. The largest absolute Gasteiger partial charge is 0.314 e. The normalized spacial score (nSPS) is 14.0. The zero-order valence-corrected chi connectivity index (χ0v) is 36.6. The van der Waals surface area contributed by atoms with Gasteiger partial charge in [0.05, 0.1) is 16.9 Å². The van der Waals surface area contributed by atoms with Crippen LogP contribution in [0.5, 0.6) is 0 Å². The molecule has 0 amide bonds. The molecule has 6 heteroatoms. The minimum Gasteiger partial charge on any atom is -0.314 e. The molecule has 0 spiro atoms. The molecule has 0 unspecified atom stereocenters. The van der Waals surface area contributed by atoms with Crippen LogP contribution in [0, 0.1) is 17.3 Å². The maximum Gasteiger partial charge on any atom is 0.0721 e. The van der Waals surface area contributed by atoms with Crippen molar-refractivity contribution in [3.63, 3.8) is 0 Å². The number of halogens is 2. The number of aromatic nitrogens is 1. The number of hydrogen-bond donors (Lipinski definition) is 0. The standard InChI is InChI=1S/C55H43Cl2N3S/c1-55(2,3)38-25-27-41(28-26-38)59(51-23-12-8-19-46(51)37-15-6-4-5-7-16-37)45-33-40(57)32-44(34-45)58-36-52(48-21-9-11-22-50(48)58)60(42-18-14-17-39(56)31-42)43-29-30-54-49(35-43)47-20-10-13-24-53(47)61-54/h4,6,8-15,17-25,27,29-36H,16,26,28H2,1-3H3. The first kappa shape index (κ1) is 38.9. The Kier molecular flexibility index (Phi) is 10.2. The molecule has 0 atom stereocenters. The van der Waals surface area contributed by atoms with Crippen LogP contribution in [0.3, 0.4) is 0 Å². The van der Waals surface area contributed by atoms with Gasteiger partial charge in [0.25, 0.3) is 0 Å². The molecule has 2 aromatic heterocycles. The SMILES string of the molecule is CC(C)(C)C1=CC=C(N(c2cc(Cl)cc(-n3cc(N(c4cccc(Cl)c4)c4ccc5sc6ccccc6c5c4)c4ccccc43)c2)c2ccccc2C2=CC=CC#CC2)CC1. The van der Waals surface area contributed by atoms with Crippen LogP contribution in [0.2, 0.25) is 10.0 Å². The first-order valence-electron chi connectivity index (χ1n) is 20.7. The van der Waals surface area contributed by atoms with Crippen molar-refractivity contribution in [2.75, 3.05) is 9.80 Å². The molecule has 0 saturated heterocycles. The maximum atomic E-state index is 7.25. The van der Waals surface area contributed by atoms with Gasteiger partial charge in [-0.05, 0) is 109 Å². The summed E-state index contributed by atoms with van der Waals surface area (Å²) < 4.78 is 4.82. The van der Waals surface area contributed by atoms with Gasteiger partial charge in [-0.15, -0.1) is 11.3 Å². The summed E-state index contributed by atoms with van der Waals surface area (Å²) in [5, 5.41) is 4.93. The molecule has 0 fully saturated rings. The molecule has 2 aliphatic rings. The summed E-state index contributed by atoms with van der Waals surface area (Å²) in [5.41, 5.74) is 12.3. The Morgan fingerprint density at radius 1 is 0.623 bits per heavy atom. The van der Waals surface area contributed by atoms with E-state index in [0.29, 0.717) is 16.5 Å². The number of benzene rings is 6. The van der Waals surface area contributed by atoms with E-state index in [1.807, 2.05) is 41.7 Å². The molecule has 8 aromatic rings. The van der Waals surface area contributed by atoms with Gasteiger partial charge in [-0.25, -0.2) is 0 Å². The summed E-state index contributed by atoms with van der Waals surface area (Å²) in [7, 11) is 0. The van der Waals surface area contributed by atoms with Gasteiger partial charge in [-0.1, -0.05) is 140 Å². The lowest BCUT2D eigenvalue weighted by atomic mass is 9.81. The lowest BCUT2D eigenvalue weighted by Crippen LogP contribution is -2.21. The Balaban J connectivity index is 1.16. The molecular weight excluding hydrogens is 806 g/mol. The minimum atomic E-state index is 0.0968. The number of thiophene rings is 1. The third-order valence-electron chi connectivity index (χ3n) is 11.7. The zero-order chi connectivity index (χ0) is 41.7. The second-order valence-electron chi connectivity index (χ2n) is 16.7. The van der Waals surface area contributed by atoms with Crippen LogP contribution >= 0.6 is 34.5 Å². The summed E-state index contributed by atoms with van der Waals surface area (Å²) in [5.74, 6) is 6.49. The lowest BCUT2D eigenvalue weighted by Gasteiger charge is -2.34. The first-order valence-corrected chi connectivity index (χ1v) is 22.3. The highest BCUT2D eigenvalue weighted by molar-refractivity contribution is 7.25. The van der Waals surface area contributed by atoms with E-state index in [1.165, 1.54) is 37.0 Å². The van der Waals surface area contributed by atoms with Crippen molar-refractivity contribution >= 4 is 99.6 Å². The van der Waals surface area contributed by atoms with E-state index < -0.39 is 0 Å². The van der Waals surface area contributed by atoms with Gasteiger partial charge >= 0.3 is 0 Å². The molecule has 298 valence electrons. The highest BCUT2D eigenvalue weighted by atomic mass is 35.5. The van der Waals surface area contributed by atoms with E-state index in [-0.39, 0.29) is 5.41 Å². The first-order chi connectivity index (χ1) is 29.7.